The van der Waals surface area contributed by atoms with Crippen LogP contribution in [-0.4, -0.2) is 28.2 Å². The third-order valence-electron chi connectivity index (χ3n) is 3.81. The van der Waals surface area contributed by atoms with Crippen LogP contribution in [0, 0.1) is 5.82 Å². The van der Waals surface area contributed by atoms with Crippen molar-refractivity contribution < 1.29 is 8.91 Å². The van der Waals surface area contributed by atoms with Crippen molar-refractivity contribution in [3.63, 3.8) is 0 Å². The van der Waals surface area contributed by atoms with Crippen molar-refractivity contribution in [3.05, 3.63) is 30.0 Å². The van der Waals surface area contributed by atoms with Crippen molar-refractivity contribution in [1.29, 1.82) is 0 Å². The van der Waals surface area contributed by atoms with Crippen LogP contribution in [0.5, 0.6) is 0 Å². The SMILES string of the molecule is CCCC1(c2nc(-c3ccc(F)cn3)no2)CCNC1. The van der Waals surface area contributed by atoms with E-state index in [1.54, 1.807) is 6.07 Å². The topological polar surface area (TPSA) is 63.8 Å². The van der Waals surface area contributed by atoms with Crippen LogP contribution in [-0.2, 0) is 5.41 Å². The molecule has 1 unspecified atom stereocenters. The zero-order valence-corrected chi connectivity index (χ0v) is 11.4. The van der Waals surface area contributed by atoms with Gasteiger partial charge in [-0.15, -0.1) is 0 Å². The predicted molar refractivity (Wildman–Crippen MR) is 71.6 cm³/mol. The smallest absolute Gasteiger partial charge is 0.234 e. The molecule has 3 heterocycles. The lowest BCUT2D eigenvalue weighted by molar-refractivity contribution is 0.277. The monoisotopic (exact) mass is 276 g/mol. The number of pyridine rings is 1. The highest BCUT2D eigenvalue weighted by Crippen LogP contribution is 2.35. The van der Waals surface area contributed by atoms with E-state index in [0.29, 0.717) is 17.4 Å². The first-order valence-electron chi connectivity index (χ1n) is 6.90. The van der Waals surface area contributed by atoms with Gasteiger partial charge in [-0.2, -0.15) is 4.98 Å². The Bertz CT molecular complexity index is 575. The number of halogens is 1. The molecule has 5 nitrogen and oxygen atoms in total. The maximum atomic E-state index is 12.9. The van der Waals surface area contributed by atoms with Crippen LogP contribution < -0.4 is 5.32 Å². The molecule has 1 saturated heterocycles. The summed E-state index contributed by atoms with van der Waals surface area (Å²) < 4.78 is 18.3. The highest BCUT2D eigenvalue weighted by molar-refractivity contribution is 5.47. The molecule has 3 rings (SSSR count). The van der Waals surface area contributed by atoms with Crippen LogP contribution in [0.15, 0.2) is 22.9 Å². The number of nitrogens with zero attached hydrogens (tertiary/aromatic N) is 3. The van der Waals surface area contributed by atoms with Crippen molar-refractivity contribution in [2.24, 2.45) is 0 Å². The molecule has 0 amide bonds. The number of hydrogen-bond acceptors (Lipinski definition) is 5. The molecule has 0 aliphatic carbocycles. The first-order chi connectivity index (χ1) is 9.73. The van der Waals surface area contributed by atoms with Crippen molar-refractivity contribution in [2.75, 3.05) is 13.1 Å². The molecule has 1 N–H and O–H groups in total. The van der Waals surface area contributed by atoms with Crippen molar-refractivity contribution >= 4 is 0 Å². The van der Waals surface area contributed by atoms with Crippen LogP contribution in [0.4, 0.5) is 4.39 Å². The lowest BCUT2D eigenvalue weighted by Gasteiger charge is -2.22. The maximum absolute atomic E-state index is 12.9. The van der Waals surface area contributed by atoms with Gasteiger partial charge in [0.05, 0.1) is 11.6 Å². The first-order valence-corrected chi connectivity index (χ1v) is 6.90. The predicted octanol–water partition coefficient (Wildman–Crippen LogP) is 2.30. The third-order valence-corrected chi connectivity index (χ3v) is 3.81. The van der Waals surface area contributed by atoms with E-state index in [-0.39, 0.29) is 11.2 Å². The Kier molecular flexibility index (Phi) is 3.48. The summed E-state index contributed by atoms with van der Waals surface area (Å²) in [5.41, 5.74) is 0.457. The van der Waals surface area contributed by atoms with Crippen LogP contribution in [0.25, 0.3) is 11.5 Å². The van der Waals surface area contributed by atoms with Crippen LogP contribution in [0.1, 0.15) is 32.1 Å². The lowest BCUT2D eigenvalue weighted by atomic mass is 9.82. The van der Waals surface area contributed by atoms with E-state index in [9.17, 15) is 4.39 Å². The fourth-order valence-electron chi connectivity index (χ4n) is 2.78. The minimum atomic E-state index is -0.375. The van der Waals surface area contributed by atoms with E-state index in [4.69, 9.17) is 4.52 Å². The van der Waals surface area contributed by atoms with Crippen LogP contribution in [0.3, 0.4) is 0 Å². The molecule has 20 heavy (non-hydrogen) atoms. The molecule has 1 aliphatic heterocycles. The fraction of sp³-hybridized carbons (Fsp3) is 0.500. The minimum absolute atomic E-state index is 0.0694. The van der Waals surface area contributed by atoms with Gasteiger partial charge in [0.25, 0.3) is 0 Å². The van der Waals surface area contributed by atoms with Gasteiger partial charge in [0.15, 0.2) is 0 Å². The zero-order chi connectivity index (χ0) is 14.0. The van der Waals surface area contributed by atoms with Crippen LogP contribution >= 0.6 is 0 Å². The summed E-state index contributed by atoms with van der Waals surface area (Å²) in [6.45, 7) is 3.98. The Hall–Kier alpha value is -1.82. The number of aromatic nitrogens is 3. The second-order valence-corrected chi connectivity index (χ2v) is 5.24. The largest absolute Gasteiger partial charge is 0.338 e. The van der Waals surface area contributed by atoms with Gasteiger partial charge in [0.2, 0.25) is 11.7 Å². The molecule has 1 atom stereocenters. The first kappa shape index (κ1) is 13.2. The summed E-state index contributed by atoms with van der Waals surface area (Å²) in [5, 5.41) is 7.35. The molecule has 1 aliphatic rings. The van der Waals surface area contributed by atoms with E-state index < -0.39 is 0 Å². The summed E-state index contributed by atoms with van der Waals surface area (Å²) in [6.07, 6.45) is 4.23. The molecule has 2 aromatic heterocycles. The molecule has 2 aromatic rings. The van der Waals surface area contributed by atoms with Crippen molar-refractivity contribution in [2.45, 2.75) is 31.6 Å². The highest BCUT2D eigenvalue weighted by atomic mass is 19.1. The molecule has 0 radical (unpaired) electrons. The Morgan fingerprint density at radius 2 is 2.35 bits per heavy atom. The molecule has 1 fully saturated rings. The van der Waals surface area contributed by atoms with Gasteiger partial charge < -0.3 is 9.84 Å². The van der Waals surface area contributed by atoms with Gasteiger partial charge in [-0.05, 0) is 31.5 Å². The Balaban J connectivity index is 1.91. The molecule has 106 valence electrons. The molecule has 0 saturated carbocycles. The molecule has 0 aromatic carbocycles. The molecule has 0 spiro atoms. The third kappa shape index (κ3) is 2.31. The van der Waals surface area contributed by atoms with E-state index in [0.717, 1.165) is 38.5 Å². The van der Waals surface area contributed by atoms with E-state index in [1.807, 2.05) is 0 Å². The second-order valence-electron chi connectivity index (χ2n) is 5.24. The summed E-state index contributed by atoms with van der Waals surface area (Å²) in [6, 6.07) is 2.90. The Morgan fingerprint density at radius 1 is 1.45 bits per heavy atom. The average molecular weight is 276 g/mol. The highest BCUT2D eigenvalue weighted by Gasteiger charge is 2.40. The summed E-state index contributed by atoms with van der Waals surface area (Å²) in [5.74, 6) is 0.702. The summed E-state index contributed by atoms with van der Waals surface area (Å²) in [7, 11) is 0. The van der Waals surface area contributed by atoms with E-state index in [2.05, 4.69) is 27.4 Å². The molecular weight excluding hydrogens is 259 g/mol. The second kappa shape index (κ2) is 5.28. The summed E-state index contributed by atoms with van der Waals surface area (Å²) in [4.78, 5) is 8.46. The zero-order valence-electron chi connectivity index (χ0n) is 11.4. The van der Waals surface area contributed by atoms with Gasteiger partial charge in [-0.3, -0.25) is 0 Å². The minimum Gasteiger partial charge on any atom is -0.338 e. The Morgan fingerprint density at radius 3 is 3.00 bits per heavy atom. The normalized spacial score (nSPS) is 22.3. The number of rotatable bonds is 4. The van der Waals surface area contributed by atoms with Gasteiger partial charge in [0, 0.05) is 6.54 Å². The van der Waals surface area contributed by atoms with Gasteiger partial charge in [0.1, 0.15) is 11.5 Å². The van der Waals surface area contributed by atoms with Crippen molar-refractivity contribution in [3.8, 4) is 11.5 Å². The standard InChI is InChI=1S/C14H17FN4O/c1-2-5-14(6-7-16-9-14)13-18-12(19-20-13)11-4-3-10(15)8-17-11/h3-4,8,16H,2,5-7,9H2,1H3. The van der Waals surface area contributed by atoms with Gasteiger partial charge >= 0.3 is 0 Å². The van der Waals surface area contributed by atoms with Gasteiger partial charge in [-0.1, -0.05) is 18.5 Å². The number of hydrogen-bond donors (Lipinski definition) is 1. The molecule has 0 bridgehead atoms. The van der Waals surface area contributed by atoms with Crippen LogP contribution in [0.2, 0.25) is 0 Å². The Labute approximate surface area is 116 Å². The fourth-order valence-corrected chi connectivity index (χ4v) is 2.78. The number of nitrogens with one attached hydrogen (secondary N) is 1. The summed E-state index contributed by atoms with van der Waals surface area (Å²) >= 11 is 0. The van der Waals surface area contributed by atoms with Gasteiger partial charge in [-0.25, -0.2) is 9.37 Å². The average Bonchev–Trinajstić information content (AvgIpc) is 3.09. The maximum Gasteiger partial charge on any atom is 0.234 e. The van der Waals surface area contributed by atoms with E-state index in [1.165, 1.54) is 6.07 Å². The quantitative estimate of drug-likeness (QED) is 0.928. The molecule has 6 heteroatoms. The molecular formula is C14H17FN4O. The van der Waals surface area contributed by atoms with E-state index >= 15 is 0 Å². The lowest BCUT2D eigenvalue weighted by Crippen LogP contribution is -2.29. The van der Waals surface area contributed by atoms with Crippen molar-refractivity contribution in [1.82, 2.24) is 20.4 Å².